The summed E-state index contributed by atoms with van der Waals surface area (Å²) < 4.78 is 7.26. The number of imidazole rings is 1. The number of ether oxygens (including phenoxy) is 1. The highest BCUT2D eigenvalue weighted by atomic mass is 16.6. The number of fused-ring (bicyclic) bond motifs is 1. The SMILES string of the molecule is OC[C@H]1OC(n2cnc3c(NCCc4ccccc4)nc(NCCc4ccc(O)cc4)nc32)[C@H](O)[C@@H]1O. The van der Waals surface area contributed by atoms with E-state index >= 15 is 0 Å². The van der Waals surface area contributed by atoms with Crippen molar-refractivity contribution in [2.45, 2.75) is 37.4 Å². The molecule has 4 atom stereocenters. The van der Waals surface area contributed by atoms with Crippen LogP contribution in [0, 0.1) is 0 Å². The van der Waals surface area contributed by atoms with Gasteiger partial charge in [-0.2, -0.15) is 9.97 Å². The third-order valence-electron chi connectivity index (χ3n) is 6.39. The maximum Gasteiger partial charge on any atom is 0.226 e. The first-order valence-corrected chi connectivity index (χ1v) is 12.2. The molecule has 0 spiro atoms. The summed E-state index contributed by atoms with van der Waals surface area (Å²) >= 11 is 0. The first-order chi connectivity index (χ1) is 18.0. The Labute approximate surface area is 213 Å². The Morgan fingerprint density at radius 2 is 1.57 bits per heavy atom. The maximum atomic E-state index is 10.6. The Morgan fingerprint density at radius 1 is 0.865 bits per heavy atom. The molecule has 4 aromatic rings. The Bertz CT molecular complexity index is 1320. The van der Waals surface area contributed by atoms with E-state index in [-0.39, 0.29) is 5.75 Å². The minimum absolute atomic E-state index is 0.217. The van der Waals surface area contributed by atoms with Crippen molar-refractivity contribution in [3.05, 3.63) is 72.1 Å². The normalized spacial score (nSPS) is 21.4. The molecule has 11 heteroatoms. The number of aliphatic hydroxyl groups excluding tert-OH is 3. The van der Waals surface area contributed by atoms with Crippen LogP contribution in [0.25, 0.3) is 11.2 Å². The molecular weight excluding hydrogens is 476 g/mol. The van der Waals surface area contributed by atoms with Gasteiger partial charge in [0.2, 0.25) is 5.95 Å². The number of aromatic nitrogens is 4. The largest absolute Gasteiger partial charge is 0.508 e. The molecule has 5 rings (SSSR count). The van der Waals surface area contributed by atoms with E-state index in [0.29, 0.717) is 42.4 Å². The first kappa shape index (κ1) is 24.9. The lowest BCUT2D eigenvalue weighted by atomic mass is 10.1. The molecule has 37 heavy (non-hydrogen) atoms. The Kier molecular flexibility index (Phi) is 7.47. The number of phenols is 1. The number of hydrogen-bond donors (Lipinski definition) is 6. The van der Waals surface area contributed by atoms with Crippen molar-refractivity contribution < 1.29 is 25.2 Å². The van der Waals surface area contributed by atoms with Gasteiger partial charge in [0.05, 0.1) is 12.9 Å². The van der Waals surface area contributed by atoms with Gasteiger partial charge in [0.1, 0.15) is 24.1 Å². The van der Waals surface area contributed by atoms with E-state index in [9.17, 15) is 20.4 Å². The number of phenolic OH excluding ortho intramolecular Hbond substituents is 1. The summed E-state index contributed by atoms with van der Waals surface area (Å²) in [5.74, 6) is 1.11. The third kappa shape index (κ3) is 5.49. The van der Waals surface area contributed by atoms with Gasteiger partial charge in [-0.1, -0.05) is 42.5 Å². The number of benzene rings is 2. The van der Waals surface area contributed by atoms with Crippen molar-refractivity contribution in [1.29, 1.82) is 0 Å². The fourth-order valence-electron chi connectivity index (χ4n) is 4.37. The summed E-state index contributed by atoms with van der Waals surface area (Å²) in [5, 5.41) is 46.3. The highest BCUT2D eigenvalue weighted by Gasteiger charge is 2.44. The van der Waals surface area contributed by atoms with E-state index in [1.165, 1.54) is 11.9 Å². The van der Waals surface area contributed by atoms with Crippen molar-refractivity contribution in [1.82, 2.24) is 19.5 Å². The summed E-state index contributed by atoms with van der Waals surface area (Å²) in [6, 6.07) is 17.1. The van der Waals surface area contributed by atoms with Gasteiger partial charge in [0, 0.05) is 13.1 Å². The zero-order valence-corrected chi connectivity index (χ0v) is 20.1. The van der Waals surface area contributed by atoms with E-state index in [2.05, 4.69) is 37.7 Å². The van der Waals surface area contributed by atoms with Gasteiger partial charge in [-0.3, -0.25) is 4.57 Å². The van der Waals surface area contributed by atoms with Crippen LogP contribution in [-0.2, 0) is 17.6 Å². The zero-order valence-electron chi connectivity index (χ0n) is 20.1. The van der Waals surface area contributed by atoms with Crippen molar-refractivity contribution in [3.63, 3.8) is 0 Å². The van der Waals surface area contributed by atoms with E-state index in [4.69, 9.17) is 4.74 Å². The molecule has 1 fully saturated rings. The van der Waals surface area contributed by atoms with Crippen LogP contribution < -0.4 is 10.6 Å². The standard InChI is InChI=1S/C26H30N6O5/c33-14-19-21(35)22(36)25(37-19)32-15-29-20-23(27-12-10-16-4-2-1-3-5-16)30-26(31-24(20)32)28-13-11-17-6-8-18(34)9-7-17/h1-9,15,19,21-22,25,33-36H,10-14H2,(H2,27,28,30,31)/t19-,21-,22-,25?/m1/s1. The minimum atomic E-state index is -1.26. The van der Waals surface area contributed by atoms with Crippen molar-refractivity contribution in [3.8, 4) is 5.75 Å². The van der Waals surface area contributed by atoms with E-state index in [1.807, 2.05) is 30.3 Å². The van der Waals surface area contributed by atoms with Gasteiger partial charge in [-0.05, 0) is 36.1 Å². The van der Waals surface area contributed by atoms with Crippen LogP contribution in [0.1, 0.15) is 17.4 Å². The second-order valence-electron chi connectivity index (χ2n) is 8.95. The van der Waals surface area contributed by atoms with Crippen LogP contribution in [0.4, 0.5) is 11.8 Å². The summed E-state index contributed by atoms with van der Waals surface area (Å²) in [6.07, 6.45) is -1.41. The van der Waals surface area contributed by atoms with E-state index in [1.54, 1.807) is 16.7 Å². The third-order valence-corrected chi connectivity index (χ3v) is 6.39. The molecule has 0 aliphatic carbocycles. The zero-order chi connectivity index (χ0) is 25.8. The van der Waals surface area contributed by atoms with Crippen LogP contribution in [0.3, 0.4) is 0 Å². The van der Waals surface area contributed by atoms with E-state index < -0.39 is 31.1 Å². The summed E-state index contributed by atoms with van der Waals surface area (Å²) in [5.41, 5.74) is 3.14. The molecule has 1 saturated heterocycles. The Balaban J connectivity index is 1.39. The monoisotopic (exact) mass is 506 g/mol. The lowest BCUT2D eigenvalue weighted by molar-refractivity contribution is -0.0511. The number of aliphatic hydroxyl groups is 3. The van der Waals surface area contributed by atoms with Crippen LogP contribution in [0.15, 0.2) is 60.9 Å². The molecule has 194 valence electrons. The molecule has 1 aliphatic heterocycles. The fourth-order valence-corrected chi connectivity index (χ4v) is 4.37. The first-order valence-electron chi connectivity index (χ1n) is 12.2. The summed E-state index contributed by atoms with van der Waals surface area (Å²) in [4.78, 5) is 13.7. The highest BCUT2D eigenvalue weighted by Crippen LogP contribution is 2.32. The number of hydrogen-bond acceptors (Lipinski definition) is 10. The second-order valence-corrected chi connectivity index (χ2v) is 8.95. The van der Waals surface area contributed by atoms with Crippen molar-refractivity contribution in [2.24, 2.45) is 0 Å². The predicted octanol–water partition coefficient (Wildman–Crippen LogP) is 1.45. The number of aromatic hydroxyl groups is 1. The maximum absolute atomic E-state index is 10.6. The molecule has 0 radical (unpaired) electrons. The number of rotatable bonds is 10. The molecule has 1 unspecified atom stereocenters. The average Bonchev–Trinajstić information content (AvgIpc) is 3.46. The molecule has 0 amide bonds. The average molecular weight is 507 g/mol. The summed E-state index contributed by atoms with van der Waals surface area (Å²) in [6.45, 7) is 0.734. The molecule has 3 heterocycles. The number of nitrogens with zero attached hydrogens (tertiary/aromatic N) is 4. The van der Waals surface area contributed by atoms with Crippen molar-refractivity contribution in [2.75, 3.05) is 30.3 Å². The quantitative estimate of drug-likeness (QED) is 0.186. The highest BCUT2D eigenvalue weighted by molar-refractivity contribution is 5.84. The second kappa shape index (κ2) is 11.1. The molecule has 11 nitrogen and oxygen atoms in total. The van der Waals surface area contributed by atoms with Gasteiger partial charge < -0.3 is 35.8 Å². The van der Waals surface area contributed by atoms with Gasteiger partial charge in [0.25, 0.3) is 0 Å². The lowest BCUT2D eigenvalue weighted by Crippen LogP contribution is -2.33. The Hall–Kier alpha value is -3.77. The van der Waals surface area contributed by atoms with Gasteiger partial charge in [-0.25, -0.2) is 4.98 Å². The molecule has 6 N–H and O–H groups in total. The van der Waals surface area contributed by atoms with Crippen molar-refractivity contribution >= 4 is 22.9 Å². The lowest BCUT2D eigenvalue weighted by Gasteiger charge is -2.17. The topological polar surface area (TPSA) is 158 Å². The van der Waals surface area contributed by atoms with Crippen LogP contribution in [0.2, 0.25) is 0 Å². The van der Waals surface area contributed by atoms with E-state index in [0.717, 1.165) is 12.0 Å². The molecule has 0 saturated carbocycles. The predicted molar refractivity (Wildman–Crippen MR) is 137 cm³/mol. The Morgan fingerprint density at radius 3 is 2.27 bits per heavy atom. The molecular formula is C26H30N6O5. The molecule has 1 aliphatic rings. The van der Waals surface area contributed by atoms with Crippen LogP contribution in [-0.4, -0.2) is 78.0 Å². The molecule has 2 aromatic carbocycles. The van der Waals surface area contributed by atoms with Gasteiger partial charge in [-0.15, -0.1) is 0 Å². The van der Waals surface area contributed by atoms with Crippen LogP contribution >= 0.6 is 0 Å². The fraction of sp³-hybridized carbons (Fsp3) is 0.346. The molecule has 0 bridgehead atoms. The minimum Gasteiger partial charge on any atom is -0.508 e. The smallest absolute Gasteiger partial charge is 0.226 e. The van der Waals surface area contributed by atoms with Crippen LogP contribution in [0.5, 0.6) is 5.75 Å². The molecule has 2 aromatic heterocycles. The number of nitrogens with one attached hydrogen (secondary N) is 2. The van der Waals surface area contributed by atoms with Gasteiger partial charge >= 0.3 is 0 Å². The van der Waals surface area contributed by atoms with Gasteiger partial charge in [0.15, 0.2) is 23.2 Å². The summed E-state index contributed by atoms with van der Waals surface area (Å²) in [7, 11) is 0. The number of anilines is 2.